The average molecular weight is 268 g/mol. The van der Waals surface area contributed by atoms with Gasteiger partial charge in [0.05, 0.1) is 12.2 Å². The fraction of sp³-hybridized carbons (Fsp3) is 0.938. The van der Waals surface area contributed by atoms with Crippen LogP contribution in [0.3, 0.4) is 0 Å². The minimum Gasteiger partial charge on any atom is -0.326 e. The van der Waals surface area contributed by atoms with Crippen LogP contribution in [-0.4, -0.2) is 29.6 Å². The number of nitrogens with one attached hydrogen (secondary N) is 1. The van der Waals surface area contributed by atoms with Crippen LogP contribution in [-0.2, 0) is 4.79 Å². The molecule has 1 aliphatic heterocycles. The molecule has 3 unspecified atom stereocenters. The standard InChI is InChI=1S/C16H32N2O/c1-7-9-13-17-14(12(3)8-2)15(19)18(13)11-10-16(4,5)6/h12-14,17H,7-11H2,1-6H3. The van der Waals surface area contributed by atoms with Gasteiger partial charge in [-0.25, -0.2) is 0 Å². The number of hydrogen-bond acceptors (Lipinski definition) is 2. The maximum atomic E-state index is 12.6. The lowest BCUT2D eigenvalue weighted by Crippen LogP contribution is -2.39. The average Bonchev–Trinajstić information content (AvgIpc) is 2.62. The summed E-state index contributed by atoms with van der Waals surface area (Å²) < 4.78 is 0. The second-order valence-corrected chi connectivity index (χ2v) is 7.18. The molecule has 1 heterocycles. The molecule has 0 radical (unpaired) electrons. The van der Waals surface area contributed by atoms with Gasteiger partial charge in [0.15, 0.2) is 0 Å². The highest BCUT2D eigenvalue weighted by molar-refractivity contribution is 5.84. The summed E-state index contributed by atoms with van der Waals surface area (Å²) in [5.41, 5.74) is 0.283. The van der Waals surface area contributed by atoms with Gasteiger partial charge in [0.25, 0.3) is 0 Å². The van der Waals surface area contributed by atoms with Gasteiger partial charge < -0.3 is 4.90 Å². The van der Waals surface area contributed by atoms with E-state index in [1.54, 1.807) is 0 Å². The first-order chi connectivity index (χ1) is 8.80. The molecule has 1 saturated heterocycles. The molecule has 0 aromatic rings. The van der Waals surface area contributed by atoms with Crippen molar-refractivity contribution in [2.45, 2.75) is 79.4 Å². The summed E-state index contributed by atoms with van der Waals surface area (Å²) in [4.78, 5) is 14.7. The van der Waals surface area contributed by atoms with Gasteiger partial charge >= 0.3 is 0 Å². The predicted molar refractivity (Wildman–Crippen MR) is 80.9 cm³/mol. The summed E-state index contributed by atoms with van der Waals surface area (Å²) in [6.45, 7) is 14.1. The lowest BCUT2D eigenvalue weighted by atomic mass is 9.92. The molecule has 0 spiro atoms. The van der Waals surface area contributed by atoms with Crippen LogP contribution in [0, 0.1) is 11.3 Å². The molecule has 0 aliphatic carbocycles. The monoisotopic (exact) mass is 268 g/mol. The van der Waals surface area contributed by atoms with Crippen LogP contribution in [0.25, 0.3) is 0 Å². The molecular formula is C16H32N2O. The summed E-state index contributed by atoms with van der Waals surface area (Å²) >= 11 is 0. The zero-order valence-corrected chi connectivity index (χ0v) is 13.6. The molecule has 1 amide bonds. The predicted octanol–water partition coefficient (Wildman–Crippen LogP) is 3.40. The Kier molecular flexibility index (Phi) is 5.84. The Labute approximate surface area is 119 Å². The van der Waals surface area contributed by atoms with Crippen LogP contribution in [0.4, 0.5) is 0 Å². The summed E-state index contributed by atoms with van der Waals surface area (Å²) in [7, 11) is 0. The summed E-state index contributed by atoms with van der Waals surface area (Å²) in [6.07, 6.45) is 4.54. The Bertz CT molecular complexity index is 296. The quantitative estimate of drug-likeness (QED) is 0.801. The van der Waals surface area contributed by atoms with Gasteiger partial charge in [-0.3, -0.25) is 10.1 Å². The Balaban J connectivity index is 2.71. The highest BCUT2D eigenvalue weighted by Gasteiger charge is 2.40. The van der Waals surface area contributed by atoms with Gasteiger partial charge in [0.2, 0.25) is 5.91 Å². The molecule has 3 atom stereocenters. The summed E-state index contributed by atoms with van der Waals surface area (Å²) in [5, 5.41) is 3.56. The van der Waals surface area contributed by atoms with E-state index >= 15 is 0 Å². The van der Waals surface area contributed by atoms with Crippen LogP contribution in [0.1, 0.15) is 67.2 Å². The fourth-order valence-corrected chi connectivity index (χ4v) is 2.58. The SMILES string of the molecule is CCCC1NC(C(C)CC)C(=O)N1CCC(C)(C)C. The molecule has 0 aromatic heterocycles. The van der Waals surface area contributed by atoms with E-state index in [1.807, 2.05) is 0 Å². The molecular weight excluding hydrogens is 236 g/mol. The largest absolute Gasteiger partial charge is 0.326 e. The zero-order valence-electron chi connectivity index (χ0n) is 13.6. The highest BCUT2D eigenvalue weighted by Crippen LogP contribution is 2.25. The lowest BCUT2D eigenvalue weighted by Gasteiger charge is -2.27. The van der Waals surface area contributed by atoms with Crippen LogP contribution in [0.5, 0.6) is 0 Å². The molecule has 0 bridgehead atoms. The van der Waals surface area contributed by atoms with Crippen LogP contribution in [0.2, 0.25) is 0 Å². The zero-order chi connectivity index (χ0) is 14.6. The van der Waals surface area contributed by atoms with Crippen molar-refractivity contribution in [3.63, 3.8) is 0 Å². The molecule has 1 fully saturated rings. The third-order valence-electron chi connectivity index (χ3n) is 4.18. The third kappa shape index (κ3) is 4.48. The van der Waals surface area contributed by atoms with Crippen LogP contribution >= 0.6 is 0 Å². The van der Waals surface area contributed by atoms with Gasteiger partial charge in [-0.15, -0.1) is 0 Å². The molecule has 112 valence electrons. The highest BCUT2D eigenvalue weighted by atomic mass is 16.2. The topological polar surface area (TPSA) is 32.3 Å². The minimum absolute atomic E-state index is 0.0292. The maximum absolute atomic E-state index is 12.6. The number of carbonyl (C=O) groups excluding carboxylic acids is 1. The number of amides is 1. The number of hydrogen-bond donors (Lipinski definition) is 1. The lowest BCUT2D eigenvalue weighted by molar-refractivity contribution is -0.131. The van der Waals surface area contributed by atoms with Crippen LogP contribution in [0.15, 0.2) is 0 Å². The second-order valence-electron chi connectivity index (χ2n) is 7.18. The minimum atomic E-state index is 0.0292. The van der Waals surface area contributed by atoms with Gasteiger partial charge in [0.1, 0.15) is 0 Å². The summed E-state index contributed by atoms with van der Waals surface area (Å²) in [6, 6.07) is 0.0292. The van der Waals surface area contributed by atoms with E-state index in [-0.39, 0.29) is 17.6 Å². The molecule has 0 aromatic carbocycles. The molecule has 1 aliphatic rings. The van der Waals surface area contributed by atoms with Crippen molar-refractivity contribution in [2.24, 2.45) is 11.3 Å². The molecule has 3 nitrogen and oxygen atoms in total. The van der Waals surface area contributed by atoms with Crippen molar-refractivity contribution in [2.75, 3.05) is 6.54 Å². The van der Waals surface area contributed by atoms with E-state index in [0.29, 0.717) is 11.8 Å². The van der Waals surface area contributed by atoms with Gasteiger partial charge in [0, 0.05) is 6.54 Å². The van der Waals surface area contributed by atoms with Gasteiger partial charge in [-0.2, -0.15) is 0 Å². The van der Waals surface area contributed by atoms with Crippen molar-refractivity contribution >= 4 is 5.91 Å². The Morgan fingerprint density at radius 1 is 1.32 bits per heavy atom. The number of carbonyl (C=O) groups is 1. The Morgan fingerprint density at radius 3 is 2.42 bits per heavy atom. The van der Waals surface area contributed by atoms with Gasteiger partial charge in [-0.1, -0.05) is 54.4 Å². The molecule has 0 saturated carbocycles. The van der Waals surface area contributed by atoms with E-state index < -0.39 is 0 Å². The molecule has 1 N–H and O–H groups in total. The fourth-order valence-electron chi connectivity index (χ4n) is 2.58. The normalized spacial score (nSPS) is 26.0. The van der Waals surface area contributed by atoms with Crippen molar-refractivity contribution in [3.05, 3.63) is 0 Å². The van der Waals surface area contributed by atoms with E-state index in [9.17, 15) is 4.79 Å². The molecule has 3 heteroatoms. The second kappa shape index (κ2) is 6.74. The van der Waals surface area contributed by atoms with E-state index in [0.717, 1.165) is 32.2 Å². The first-order valence-electron chi connectivity index (χ1n) is 7.86. The first kappa shape index (κ1) is 16.5. The van der Waals surface area contributed by atoms with Crippen molar-refractivity contribution in [1.29, 1.82) is 0 Å². The van der Waals surface area contributed by atoms with E-state index in [2.05, 4.69) is 51.8 Å². The Morgan fingerprint density at radius 2 is 1.95 bits per heavy atom. The number of rotatable bonds is 6. The Hall–Kier alpha value is -0.570. The summed E-state index contributed by atoms with van der Waals surface area (Å²) in [5.74, 6) is 0.739. The van der Waals surface area contributed by atoms with Crippen molar-refractivity contribution in [3.8, 4) is 0 Å². The molecule has 1 rings (SSSR count). The van der Waals surface area contributed by atoms with Crippen molar-refractivity contribution < 1.29 is 4.79 Å². The third-order valence-corrected chi connectivity index (χ3v) is 4.18. The van der Waals surface area contributed by atoms with E-state index in [4.69, 9.17) is 0 Å². The molecule has 19 heavy (non-hydrogen) atoms. The van der Waals surface area contributed by atoms with E-state index in [1.165, 1.54) is 0 Å². The smallest absolute Gasteiger partial charge is 0.241 e. The van der Waals surface area contributed by atoms with Crippen molar-refractivity contribution in [1.82, 2.24) is 10.2 Å². The first-order valence-corrected chi connectivity index (χ1v) is 7.86. The number of nitrogens with zero attached hydrogens (tertiary/aromatic N) is 1. The maximum Gasteiger partial charge on any atom is 0.241 e. The van der Waals surface area contributed by atoms with Gasteiger partial charge in [-0.05, 0) is 24.2 Å². The van der Waals surface area contributed by atoms with Crippen LogP contribution < -0.4 is 5.32 Å².